The first kappa shape index (κ1) is 5.03. The first-order chi connectivity index (χ1) is 3.50. The number of rotatable bonds is 0. The zero-order valence-corrected chi connectivity index (χ0v) is 4.24. The fourth-order valence-corrected chi connectivity index (χ4v) is 0.541. The molecule has 0 spiro atoms. The van der Waals surface area contributed by atoms with Gasteiger partial charge >= 0.3 is 0 Å². The van der Waals surface area contributed by atoms with Gasteiger partial charge in [-0.25, -0.2) is 5.43 Å². The molecule has 1 rings (SSSR count). The van der Waals surface area contributed by atoms with Crippen LogP contribution in [0.1, 0.15) is 12.8 Å². The normalized spacial score (nSPS) is 24.0. The van der Waals surface area contributed by atoms with Crippen LogP contribution in [-0.2, 0) is 4.84 Å². The van der Waals surface area contributed by atoms with Gasteiger partial charge in [0.2, 0.25) is 0 Å². The van der Waals surface area contributed by atoms with Gasteiger partial charge in [-0.05, 0) is 12.8 Å². The van der Waals surface area contributed by atoms with Gasteiger partial charge in [-0.2, -0.15) is 0 Å². The van der Waals surface area contributed by atoms with Crippen molar-refractivity contribution in [3.05, 3.63) is 0 Å². The molecule has 2 N–H and O–H groups in total. The van der Waals surface area contributed by atoms with Gasteiger partial charge < -0.3 is 0 Å². The van der Waals surface area contributed by atoms with Crippen molar-refractivity contribution in [1.29, 1.82) is 0 Å². The van der Waals surface area contributed by atoms with Crippen LogP contribution in [0.4, 0.5) is 0 Å². The van der Waals surface area contributed by atoms with Crippen LogP contribution in [-0.4, -0.2) is 13.2 Å². The van der Waals surface area contributed by atoms with Gasteiger partial charge in [0.05, 0.1) is 6.61 Å². The summed E-state index contributed by atoms with van der Waals surface area (Å²) in [6, 6.07) is 0. The second-order valence-corrected chi connectivity index (χ2v) is 1.58. The summed E-state index contributed by atoms with van der Waals surface area (Å²) in [6.07, 6.45) is 2.35. The molecule has 0 aromatic carbocycles. The van der Waals surface area contributed by atoms with E-state index in [9.17, 15) is 0 Å². The first-order valence-corrected chi connectivity index (χ1v) is 2.60. The van der Waals surface area contributed by atoms with Gasteiger partial charge in [0, 0.05) is 6.54 Å². The summed E-state index contributed by atoms with van der Waals surface area (Å²) in [4.78, 5) is 4.83. The third-order valence-electron chi connectivity index (χ3n) is 0.943. The van der Waals surface area contributed by atoms with Crippen molar-refractivity contribution in [2.24, 2.45) is 0 Å². The highest BCUT2D eigenvalue weighted by Crippen LogP contribution is 1.88. The molecule has 1 fully saturated rings. The Labute approximate surface area is 43.0 Å². The summed E-state index contributed by atoms with van der Waals surface area (Å²) in [5.74, 6) is 0. The van der Waals surface area contributed by atoms with Crippen LogP contribution in [0.15, 0.2) is 0 Å². The summed E-state index contributed by atoms with van der Waals surface area (Å²) >= 11 is 0. The topological polar surface area (TPSA) is 33.3 Å². The number of hydrogen-bond acceptors (Lipinski definition) is 3. The van der Waals surface area contributed by atoms with E-state index in [1.54, 1.807) is 0 Å². The summed E-state index contributed by atoms with van der Waals surface area (Å²) in [7, 11) is 0. The van der Waals surface area contributed by atoms with Gasteiger partial charge in [0.15, 0.2) is 0 Å². The quantitative estimate of drug-likeness (QED) is 0.444. The molecule has 0 bridgehead atoms. The Balaban J connectivity index is 2.04. The van der Waals surface area contributed by atoms with E-state index in [0.717, 1.165) is 19.6 Å². The lowest BCUT2D eigenvalue weighted by Crippen LogP contribution is -2.29. The summed E-state index contributed by atoms with van der Waals surface area (Å²) in [5.41, 5.74) is 5.47. The highest BCUT2D eigenvalue weighted by Gasteiger charge is 1.92. The molecule has 1 saturated heterocycles. The summed E-state index contributed by atoms with van der Waals surface area (Å²) in [5, 5.41) is 0. The van der Waals surface area contributed by atoms with E-state index in [0.29, 0.717) is 0 Å². The zero-order chi connectivity index (χ0) is 4.95. The SMILES string of the molecule is C1CCONNC1. The molecular weight excluding hydrogens is 92.1 g/mol. The standard InChI is InChI=1S/C4H10N2O/c1-2-4-7-6-5-3-1/h5-6H,1-4H2. The van der Waals surface area contributed by atoms with Crippen molar-refractivity contribution in [2.45, 2.75) is 12.8 Å². The maximum atomic E-state index is 4.83. The van der Waals surface area contributed by atoms with E-state index in [4.69, 9.17) is 4.84 Å². The highest BCUT2D eigenvalue weighted by molar-refractivity contribution is 4.42. The number of hydrogen-bond donors (Lipinski definition) is 2. The van der Waals surface area contributed by atoms with Crippen molar-refractivity contribution in [3.8, 4) is 0 Å². The molecule has 0 atom stereocenters. The maximum Gasteiger partial charge on any atom is 0.0699 e. The zero-order valence-electron chi connectivity index (χ0n) is 4.24. The highest BCUT2D eigenvalue weighted by atomic mass is 16.7. The van der Waals surface area contributed by atoms with Gasteiger partial charge in [0.25, 0.3) is 0 Å². The number of nitrogens with one attached hydrogen (secondary N) is 2. The van der Waals surface area contributed by atoms with E-state index in [-0.39, 0.29) is 0 Å². The molecule has 0 saturated carbocycles. The first-order valence-electron chi connectivity index (χ1n) is 2.60. The second-order valence-electron chi connectivity index (χ2n) is 1.58. The van der Waals surface area contributed by atoms with Crippen LogP contribution in [0.5, 0.6) is 0 Å². The van der Waals surface area contributed by atoms with Gasteiger partial charge in [0.1, 0.15) is 0 Å². The molecule has 1 aliphatic rings. The van der Waals surface area contributed by atoms with E-state index < -0.39 is 0 Å². The van der Waals surface area contributed by atoms with Crippen molar-refractivity contribution >= 4 is 0 Å². The lowest BCUT2D eigenvalue weighted by molar-refractivity contribution is 0.0247. The van der Waals surface area contributed by atoms with Crippen LogP contribution >= 0.6 is 0 Å². The van der Waals surface area contributed by atoms with Gasteiger partial charge in [-0.1, -0.05) is 0 Å². The molecule has 0 unspecified atom stereocenters. The van der Waals surface area contributed by atoms with Gasteiger partial charge in [-0.3, -0.25) is 4.84 Å². The minimum atomic E-state index is 0.826. The Hall–Kier alpha value is -0.120. The van der Waals surface area contributed by atoms with Crippen molar-refractivity contribution in [2.75, 3.05) is 13.2 Å². The van der Waals surface area contributed by atoms with Crippen molar-refractivity contribution in [3.63, 3.8) is 0 Å². The fourth-order valence-electron chi connectivity index (χ4n) is 0.541. The second kappa shape index (κ2) is 2.96. The Morgan fingerprint density at radius 3 is 3.29 bits per heavy atom. The minimum Gasteiger partial charge on any atom is -0.287 e. The molecule has 0 amide bonds. The Morgan fingerprint density at radius 1 is 1.29 bits per heavy atom. The van der Waals surface area contributed by atoms with E-state index >= 15 is 0 Å². The van der Waals surface area contributed by atoms with E-state index in [1.165, 1.54) is 6.42 Å². The molecular formula is C4H10N2O. The van der Waals surface area contributed by atoms with Gasteiger partial charge in [-0.15, -0.1) is 5.59 Å². The third kappa shape index (κ3) is 1.87. The Morgan fingerprint density at radius 2 is 2.29 bits per heavy atom. The molecule has 42 valence electrons. The lowest BCUT2D eigenvalue weighted by atomic mass is 10.3. The Bertz CT molecular complexity index is 29.3. The monoisotopic (exact) mass is 102 g/mol. The molecule has 1 aliphatic heterocycles. The van der Waals surface area contributed by atoms with Crippen LogP contribution in [0, 0.1) is 0 Å². The predicted octanol–water partition coefficient (Wildman–Crippen LogP) is -0.194. The summed E-state index contributed by atoms with van der Waals surface area (Å²) < 4.78 is 0. The summed E-state index contributed by atoms with van der Waals surface area (Å²) in [6.45, 7) is 1.84. The van der Waals surface area contributed by atoms with Crippen molar-refractivity contribution < 1.29 is 4.84 Å². The van der Waals surface area contributed by atoms with E-state index in [2.05, 4.69) is 11.0 Å². The predicted molar refractivity (Wildman–Crippen MR) is 26.3 cm³/mol. The molecule has 3 heteroatoms. The van der Waals surface area contributed by atoms with Crippen molar-refractivity contribution in [1.82, 2.24) is 11.0 Å². The molecule has 1 heterocycles. The Kier molecular flexibility index (Phi) is 2.12. The van der Waals surface area contributed by atoms with E-state index in [1.807, 2.05) is 0 Å². The minimum absolute atomic E-state index is 0.826. The van der Waals surface area contributed by atoms with Crippen LogP contribution in [0.3, 0.4) is 0 Å². The molecule has 0 aromatic heterocycles. The molecule has 7 heavy (non-hydrogen) atoms. The third-order valence-corrected chi connectivity index (χ3v) is 0.943. The fraction of sp³-hybridized carbons (Fsp3) is 1.00. The van der Waals surface area contributed by atoms with Crippen LogP contribution < -0.4 is 11.0 Å². The average Bonchev–Trinajstić information content (AvgIpc) is 1.90. The molecule has 0 radical (unpaired) electrons. The largest absolute Gasteiger partial charge is 0.287 e. The molecule has 0 aromatic rings. The average molecular weight is 102 g/mol. The molecule has 3 nitrogen and oxygen atoms in total. The lowest BCUT2D eigenvalue weighted by Gasteiger charge is -1.96. The maximum absolute atomic E-state index is 4.83. The van der Waals surface area contributed by atoms with Crippen LogP contribution in [0.2, 0.25) is 0 Å². The number of hydrazine groups is 1. The van der Waals surface area contributed by atoms with Crippen LogP contribution in [0.25, 0.3) is 0 Å². The molecule has 0 aliphatic carbocycles. The smallest absolute Gasteiger partial charge is 0.0699 e.